The average molecular weight is 257 g/mol. The van der Waals surface area contributed by atoms with Crippen LogP contribution in [0.1, 0.15) is 29.5 Å². The zero-order valence-corrected chi connectivity index (χ0v) is 10.7. The fraction of sp³-hybridized carbons (Fsp3) is 0.200. The van der Waals surface area contributed by atoms with Gasteiger partial charge >= 0.3 is 0 Å². The highest BCUT2D eigenvalue weighted by molar-refractivity contribution is 5.95. The number of hydrogen-bond acceptors (Lipinski definition) is 3. The van der Waals surface area contributed by atoms with Gasteiger partial charge in [0, 0.05) is 24.1 Å². The van der Waals surface area contributed by atoms with Crippen molar-refractivity contribution in [1.29, 1.82) is 0 Å². The van der Waals surface area contributed by atoms with Crippen molar-refractivity contribution in [3.8, 4) is 0 Å². The fourth-order valence-corrected chi connectivity index (χ4v) is 1.70. The second kappa shape index (κ2) is 6.00. The number of amides is 1. The van der Waals surface area contributed by atoms with Crippen LogP contribution in [0.2, 0.25) is 0 Å². The molecular weight excluding hydrogens is 242 g/mol. The van der Waals surface area contributed by atoms with Crippen LogP contribution in [0.4, 0.5) is 5.69 Å². The molecule has 0 aliphatic heterocycles. The number of anilines is 1. The van der Waals surface area contributed by atoms with Crippen LogP contribution in [0.25, 0.3) is 0 Å². The van der Waals surface area contributed by atoms with Gasteiger partial charge in [0.2, 0.25) is 5.91 Å². The third-order valence-electron chi connectivity index (χ3n) is 2.75. The van der Waals surface area contributed by atoms with Crippen LogP contribution in [0.3, 0.4) is 0 Å². The van der Waals surface area contributed by atoms with Gasteiger partial charge in [0.25, 0.3) is 0 Å². The first-order valence-electron chi connectivity index (χ1n) is 6.08. The largest absolute Gasteiger partial charge is 0.469 e. The summed E-state index contributed by atoms with van der Waals surface area (Å²) in [6, 6.07) is 10.5. The quantitative estimate of drug-likeness (QED) is 0.837. The highest BCUT2D eigenvalue weighted by atomic mass is 16.3. The number of aryl methyl sites for hydroxylation is 1. The first-order valence-corrected chi connectivity index (χ1v) is 6.08. The Kier molecular flexibility index (Phi) is 4.13. The molecule has 0 bridgehead atoms. The highest BCUT2D eigenvalue weighted by Crippen LogP contribution is 2.11. The summed E-state index contributed by atoms with van der Waals surface area (Å²) >= 11 is 0. The minimum absolute atomic E-state index is 0.00990. The van der Waals surface area contributed by atoms with E-state index in [1.807, 2.05) is 6.07 Å². The Balaban J connectivity index is 1.86. The Bertz CT molecular complexity index is 556. The zero-order valence-electron chi connectivity index (χ0n) is 10.7. The van der Waals surface area contributed by atoms with Gasteiger partial charge < -0.3 is 9.73 Å². The van der Waals surface area contributed by atoms with Crippen LogP contribution in [0, 0.1) is 0 Å². The molecule has 4 nitrogen and oxygen atoms in total. The maximum atomic E-state index is 11.7. The topological polar surface area (TPSA) is 59.3 Å². The van der Waals surface area contributed by atoms with Gasteiger partial charge in [0.1, 0.15) is 5.76 Å². The normalized spacial score (nSPS) is 10.2. The lowest BCUT2D eigenvalue weighted by atomic mass is 10.1. The number of hydrogen-bond donors (Lipinski definition) is 1. The molecule has 0 radical (unpaired) electrons. The number of carbonyl (C=O) groups excluding carboxylic acids is 2. The van der Waals surface area contributed by atoms with Gasteiger partial charge in [-0.1, -0.05) is 0 Å². The Morgan fingerprint density at radius 1 is 1.16 bits per heavy atom. The number of nitrogens with one attached hydrogen (secondary N) is 1. The van der Waals surface area contributed by atoms with Gasteiger partial charge in [0.15, 0.2) is 5.78 Å². The Morgan fingerprint density at radius 3 is 2.47 bits per heavy atom. The van der Waals surface area contributed by atoms with E-state index in [0.717, 1.165) is 5.76 Å². The smallest absolute Gasteiger partial charge is 0.224 e. The van der Waals surface area contributed by atoms with Crippen molar-refractivity contribution < 1.29 is 14.0 Å². The molecule has 0 aliphatic rings. The second-order valence-electron chi connectivity index (χ2n) is 4.26. The van der Waals surface area contributed by atoms with Gasteiger partial charge in [0.05, 0.1) is 6.26 Å². The lowest BCUT2D eigenvalue weighted by Crippen LogP contribution is -2.12. The van der Waals surface area contributed by atoms with Crippen LogP contribution < -0.4 is 5.32 Å². The number of furan rings is 1. The Labute approximate surface area is 111 Å². The Hall–Kier alpha value is -2.36. The van der Waals surface area contributed by atoms with E-state index in [4.69, 9.17) is 4.42 Å². The molecular formula is C15H15NO3. The monoisotopic (exact) mass is 257 g/mol. The number of benzene rings is 1. The van der Waals surface area contributed by atoms with Crippen molar-refractivity contribution in [2.45, 2.75) is 19.8 Å². The summed E-state index contributed by atoms with van der Waals surface area (Å²) in [6.07, 6.45) is 2.53. The van der Waals surface area contributed by atoms with E-state index in [2.05, 4.69) is 5.32 Å². The summed E-state index contributed by atoms with van der Waals surface area (Å²) in [6.45, 7) is 1.51. The van der Waals surface area contributed by atoms with Crippen molar-refractivity contribution in [3.05, 3.63) is 54.0 Å². The predicted molar refractivity (Wildman–Crippen MR) is 72.1 cm³/mol. The molecule has 1 heterocycles. The summed E-state index contributed by atoms with van der Waals surface area (Å²) in [5.41, 5.74) is 1.32. The van der Waals surface area contributed by atoms with Crippen LogP contribution in [-0.2, 0) is 11.2 Å². The molecule has 2 rings (SSSR count). The van der Waals surface area contributed by atoms with E-state index in [1.165, 1.54) is 6.92 Å². The second-order valence-corrected chi connectivity index (χ2v) is 4.26. The number of Topliss-reactive ketones (excluding diaryl/α,β-unsaturated/α-hetero) is 1. The van der Waals surface area contributed by atoms with Crippen molar-refractivity contribution in [3.63, 3.8) is 0 Å². The summed E-state index contributed by atoms with van der Waals surface area (Å²) in [4.78, 5) is 22.8. The highest BCUT2D eigenvalue weighted by Gasteiger charge is 2.05. The van der Waals surface area contributed by atoms with Gasteiger partial charge in [-0.25, -0.2) is 0 Å². The minimum Gasteiger partial charge on any atom is -0.469 e. The van der Waals surface area contributed by atoms with Crippen LogP contribution in [0.15, 0.2) is 47.1 Å². The van der Waals surface area contributed by atoms with Gasteiger partial charge in [-0.05, 0) is 43.3 Å². The minimum atomic E-state index is -0.0769. The lowest BCUT2D eigenvalue weighted by molar-refractivity contribution is -0.116. The third kappa shape index (κ3) is 3.81. The van der Waals surface area contributed by atoms with Gasteiger partial charge in [-0.3, -0.25) is 9.59 Å². The van der Waals surface area contributed by atoms with Crippen LogP contribution >= 0.6 is 0 Å². The third-order valence-corrected chi connectivity index (χ3v) is 2.75. The van der Waals surface area contributed by atoms with E-state index < -0.39 is 0 Å². The lowest BCUT2D eigenvalue weighted by Gasteiger charge is -2.05. The van der Waals surface area contributed by atoms with E-state index >= 15 is 0 Å². The van der Waals surface area contributed by atoms with Crippen molar-refractivity contribution >= 4 is 17.4 Å². The summed E-state index contributed by atoms with van der Waals surface area (Å²) < 4.78 is 5.16. The molecule has 98 valence electrons. The number of rotatable bonds is 5. The number of carbonyl (C=O) groups is 2. The van der Waals surface area contributed by atoms with Crippen LogP contribution in [0.5, 0.6) is 0 Å². The standard InChI is InChI=1S/C15H15NO3/c1-11(17)12-4-6-13(7-5-12)16-15(18)9-8-14-3-2-10-19-14/h2-7,10H,8-9H2,1H3,(H,16,18). The van der Waals surface area contributed by atoms with E-state index in [0.29, 0.717) is 24.1 Å². The first kappa shape index (κ1) is 13.1. The molecule has 0 atom stereocenters. The molecule has 2 aromatic rings. The molecule has 0 saturated carbocycles. The molecule has 0 saturated heterocycles. The van der Waals surface area contributed by atoms with Crippen molar-refractivity contribution in [2.75, 3.05) is 5.32 Å². The molecule has 19 heavy (non-hydrogen) atoms. The molecule has 0 unspecified atom stereocenters. The molecule has 1 amide bonds. The predicted octanol–water partition coefficient (Wildman–Crippen LogP) is 3.05. The molecule has 1 aromatic heterocycles. The summed E-state index contributed by atoms with van der Waals surface area (Å²) in [7, 11) is 0. The molecule has 0 aliphatic carbocycles. The molecule has 0 spiro atoms. The van der Waals surface area contributed by atoms with Crippen molar-refractivity contribution in [2.24, 2.45) is 0 Å². The first-order chi connectivity index (χ1) is 9.15. The fourth-order valence-electron chi connectivity index (χ4n) is 1.70. The van der Waals surface area contributed by atoms with E-state index in [9.17, 15) is 9.59 Å². The van der Waals surface area contributed by atoms with Crippen molar-refractivity contribution in [1.82, 2.24) is 0 Å². The molecule has 1 aromatic carbocycles. The Morgan fingerprint density at radius 2 is 1.89 bits per heavy atom. The van der Waals surface area contributed by atoms with E-state index in [-0.39, 0.29) is 11.7 Å². The molecule has 4 heteroatoms. The maximum Gasteiger partial charge on any atom is 0.224 e. The van der Waals surface area contributed by atoms with Gasteiger partial charge in [-0.15, -0.1) is 0 Å². The van der Waals surface area contributed by atoms with E-state index in [1.54, 1.807) is 36.6 Å². The average Bonchev–Trinajstić information content (AvgIpc) is 2.90. The maximum absolute atomic E-state index is 11.7. The molecule has 0 fully saturated rings. The SMILES string of the molecule is CC(=O)c1ccc(NC(=O)CCc2ccco2)cc1. The molecule has 1 N–H and O–H groups in total. The van der Waals surface area contributed by atoms with Gasteiger partial charge in [-0.2, -0.15) is 0 Å². The summed E-state index contributed by atoms with van der Waals surface area (Å²) in [5, 5.41) is 2.78. The van der Waals surface area contributed by atoms with Crippen LogP contribution in [-0.4, -0.2) is 11.7 Å². The summed E-state index contributed by atoms with van der Waals surface area (Å²) in [5.74, 6) is 0.727. The number of ketones is 1. The zero-order chi connectivity index (χ0) is 13.7.